The lowest BCUT2D eigenvalue weighted by Crippen LogP contribution is -1.78. The summed E-state index contributed by atoms with van der Waals surface area (Å²) in [7, 11) is 0. The Morgan fingerprint density at radius 3 is 1.50 bits per heavy atom. The minimum absolute atomic E-state index is 0.205. The molecule has 0 nitrogen and oxygen atoms in total. The molecule has 3 rings (SSSR count). The first-order valence-corrected chi connectivity index (χ1v) is 8.85. The zero-order valence-corrected chi connectivity index (χ0v) is 16.2. The van der Waals surface area contributed by atoms with Gasteiger partial charge >= 0.3 is 0 Å². The maximum atomic E-state index is 12.7. The molecule has 0 spiro atoms. The Morgan fingerprint density at radius 1 is 0.545 bits per heavy atom. The molecule has 3 aromatic rings. The summed E-state index contributed by atoms with van der Waals surface area (Å²) in [5.41, 5.74) is 2.10. The monoisotopic (exact) mass is 484 g/mol. The summed E-state index contributed by atoms with van der Waals surface area (Å²) in [5.74, 6) is -0.205. The molecule has 4 heteroatoms. The summed E-state index contributed by atoms with van der Waals surface area (Å²) in [5, 5.41) is 0. The first-order chi connectivity index (χ1) is 10.5. The van der Waals surface area contributed by atoms with Crippen LogP contribution in [0.1, 0.15) is 0 Å². The number of hydrogen-bond acceptors (Lipinski definition) is 0. The maximum absolute atomic E-state index is 12.7. The molecule has 0 amide bonds. The Morgan fingerprint density at radius 2 is 1.05 bits per heavy atom. The normalized spacial score (nSPS) is 9.82. The van der Waals surface area contributed by atoms with Crippen molar-refractivity contribution in [1.29, 1.82) is 0 Å². The van der Waals surface area contributed by atoms with Crippen LogP contribution in [0.3, 0.4) is 0 Å². The number of rotatable bonds is 1. The third-order valence-electron chi connectivity index (χ3n) is 2.79. The molecule has 0 bridgehead atoms. The molecule has 0 radical (unpaired) electrons. The topological polar surface area (TPSA) is 0 Å². The number of benzene rings is 3. The molecule has 0 aliphatic heterocycles. The van der Waals surface area contributed by atoms with Crippen molar-refractivity contribution in [2.24, 2.45) is 0 Å². The van der Waals surface area contributed by atoms with Crippen molar-refractivity contribution in [2.45, 2.75) is 0 Å². The molecule has 0 saturated carbocycles. The average Bonchev–Trinajstić information content (AvgIpc) is 2.48. The highest BCUT2D eigenvalue weighted by Gasteiger charge is 1.97. The second kappa shape index (κ2) is 8.61. The molecule has 0 atom stereocenters. The van der Waals surface area contributed by atoms with E-state index in [4.69, 9.17) is 0 Å². The summed E-state index contributed by atoms with van der Waals surface area (Å²) in [6.07, 6.45) is 0. The van der Waals surface area contributed by atoms with Crippen LogP contribution in [0.15, 0.2) is 86.2 Å². The Bertz CT molecular complexity index is 722. The molecule has 0 heterocycles. The standard InChI is InChI=1S/C12H8BrF.C6H4Br2/c13-11-3-1-2-10(8-11)9-4-6-12(14)7-5-9;7-5-2-1-3-6(8)4-5/h1-8H;1-4H. The van der Waals surface area contributed by atoms with Gasteiger partial charge in [-0.15, -0.1) is 0 Å². The van der Waals surface area contributed by atoms with Crippen LogP contribution in [0, 0.1) is 5.82 Å². The lowest BCUT2D eigenvalue weighted by atomic mass is 10.1. The molecule has 0 N–H and O–H groups in total. The van der Waals surface area contributed by atoms with E-state index in [2.05, 4.69) is 47.8 Å². The van der Waals surface area contributed by atoms with Crippen molar-refractivity contribution in [1.82, 2.24) is 0 Å². The fourth-order valence-corrected chi connectivity index (χ4v) is 3.28. The van der Waals surface area contributed by atoms with Crippen LogP contribution >= 0.6 is 47.8 Å². The number of halogens is 4. The van der Waals surface area contributed by atoms with Gasteiger partial charge in [-0.05, 0) is 53.6 Å². The van der Waals surface area contributed by atoms with Gasteiger partial charge in [0.2, 0.25) is 0 Å². The van der Waals surface area contributed by atoms with Gasteiger partial charge in [-0.2, -0.15) is 0 Å². The van der Waals surface area contributed by atoms with E-state index in [1.54, 1.807) is 12.1 Å². The third kappa shape index (κ3) is 5.67. The molecule has 0 unspecified atom stereocenters. The van der Waals surface area contributed by atoms with Crippen molar-refractivity contribution in [2.75, 3.05) is 0 Å². The quantitative estimate of drug-likeness (QED) is 0.334. The van der Waals surface area contributed by atoms with Crippen molar-refractivity contribution in [3.05, 3.63) is 92.0 Å². The second-order valence-electron chi connectivity index (χ2n) is 4.46. The molecular formula is C18H12Br3F. The van der Waals surface area contributed by atoms with E-state index in [9.17, 15) is 4.39 Å². The van der Waals surface area contributed by atoms with Crippen LogP contribution in [-0.4, -0.2) is 0 Å². The van der Waals surface area contributed by atoms with Gasteiger partial charge in [0.15, 0.2) is 0 Å². The van der Waals surface area contributed by atoms with Crippen LogP contribution < -0.4 is 0 Å². The SMILES string of the molecule is Brc1cccc(Br)c1.Fc1ccc(-c2cccc(Br)c2)cc1. The molecule has 0 aliphatic carbocycles. The van der Waals surface area contributed by atoms with E-state index in [1.807, 2.05) is 48.5 Å². The smallest absolute Gasteiger partial charge is 0.123 e. The largest absolute Gasteiger partial charge is 0.207 e. The number of hydrogen-bond donors (Lipinski definition) is 0. The highest BCUT2D eigenvalue weighted by molar-refractivity contribution is 9.11. The van der Waals surface area contributed by atoms with Crippen LogP contribution in [0.25, 0.3) is 11.1 Å². The fraction of sp³-hybridized carbons (Fsp3) is 0. The first-order valence-electron chi connectivity index (χ1n) is 6.47. The van der Waals surface area contributed by atoms with Crippen LogP contribution in [0.4, 0.5) is 4.39 Å². The molecule has 3 aromatic carbocycles. The Labute approximate surface area is 154 Å². The Kier molecular flexibility index (Phi) is 6.80. The van der Waals surface area contributed by atoms with E-state index < -0.39 is 0 Å². The molecule has 22 heavy (non-hydrogen) atoms. The minimum atomic E-state index is -0.205. The molecule has 0 fully saturated rings. The second-order valence-corrected chi connectivity index (χ2v) is 7.20. The van der Waals surface area contributed by atoms with Crippen molar-refractivity contribution < 1.29 is 4.39 Å². The van der Waals surface area contributed by atoms with Gasteiger partial charge in [-0.3, -0.25) is 0 Å². The molecular weight excluding hydrogens is 475 g/mol. The fourth-order valence-electron chi connectivity index (χ4n) is 1.77. The lowest BCUT2D eigenvalue weighted by Gasteiger charge is -2.01. The van der Waals surface area contributed by atoms with Gasteiger partial charge in [0.05, 0.1) is 0 Å². The zero-order chi connectivity index (χ0) is 15.9. The predicted octanol–water partition coefficient (Wildman–Crippen LogP) is 7.47. The average molecular weight is 487 g/mol. The highest BCUT2D eigenvalue weighted by Crippen LogP contribution is 2.22. The minimum Gasteiger partial charge on any atom is -0.207 e. The first kappa shape index (κ1) is 17.4. The van der Waals surface area contributed by atoms with Gasteiger partial charge in [0.1, 0.15) is 5.82 Å². The summed E-state index contributed by atoms with van der Waals surface area (Å²) >= 11 is 10.1. The third-order valence-corrected chi connectivity index (χ3v) is 4.27. The van der Waals surface area contributed by atoms with E-state index in [0.717, 1.165) is 24.5 Å². The van der Waals surface area contributed by atoms with Crippen molar-refractivity contribution >= 4 is 47.8 Å². The van der Waals surface area contributed by atoms with Crippen molar-refractivity contribution in [3.8, 4) is 11.1 Å². The summed E-state index contributed by atoms with van der Waals surface area (Å²) in [4.78, 5) is 0. The van der Waals surface area contributed by atoms with Gasteiger partial charge < -0.3 is 0 Å². The van der Waals surface area contributed by atoms with E-state index >= 15 is 0 Å². The van der Waals surface area contributed by atoms with Gasteiger partial charge in [-0.1, -0.05) is 78.1 Å². The zero-order valence-electron chi connectivity index (χ0n) is 11.4. The van der Waals surface area contributed by atoms with E-state index in [0.29, 0.717) is 0 Å². The lowest BCUT2D eigenvalue weighted by molar-refractivity contribution is 0.628. The summed E-state index contributed by atoms with van der Waals surface area (Å²) in [6.45, 7) is 0. The molecule has 0 aromatic heterocycles. The molecule has 112 valence electrons. The Hall–Kier alpha value is -0.970. The predicted molar refractivity (Wildman–Crippen MR) is 101 cm³/mol. The van der Waals surface area contributed by atoms with Crippen LogP contribution in [0.5, 0.6) is 0 Å². The van der Waals surface area contributed by atoms with E-state index in [-0.39, 0.29) is 5.82 Å². The maximum Gasteiger partial charge on any atom is 0.123 e. The summed E-state index contributed by atoms with van der Waals surface area (Å²) in [6, 6.07) is 22.4. The van der Waals surface area contributed by atoms with Gasteiger partial charge in [0.25, 0.3) is 0 Å². The van der Waals surface area contributed by atoms with E-state index in [1.165, 1.54) is 12.1 Å². The Balaban J connectivity index is 0.000000188. The van der Waals surface area contributed by atoms with Crippen LogP contribution in [0.2, 0.25) is 0 Å². The highest BCUT2D eigenvalue weighted by atomic mass is 79.9. The van der Waals surface area contributed by atoms with Gasteiger partial charge in [0, 0.05) is 13.4 Å². The van der Waals surface area contributed by atoms with Gasteiger partial charge in [-0.25, -0.2) is 4.39 Å². The van der Waals surface area contributed by atoms with Crippen LogP contribution in [-0.2, 0) is 0 Å². The van der Waals surface area contributed by atoms with Crippen molar-refractivity contribution in [3.63, 3.8) is 0 Å². The summed E-state index contributed by atoms with van der Waals surface area (Å²) < 4.78 is 15.9. The molecule has 0 aliphatic rings. The molecule has 0 saturated heterocycles.